The highest BCUT2D eigenvalue weighted by molar-refractivity contribution is 8.00. The molecular weight excluding hydrogens is 308 g/mol. The first kappa shape index (κ1) is 16.3. The number of halogens is 1. The molecule has 0 aliphatic rings. The third kappa shape index (κ3) is 4.12. The summed E-state index contributed by atoms with van der Waals surface area (Å²) in [6.45, 7) is 2.02. The first-order valence-electron chi connectivity index (χ1n) is 5.67. The Bertz CT molecular complexity index is 582. The van der Waals surface area contributed by atoms with Crippen molar-refractivity contribution in [2.45, 2.75) is 29.6 Å². The van der Waals surface area contributed by atoms with Crippen molar-refractivity contribution >= 4 is 39.2 Å². The summed E-state index contributed by atoms with van der Waals surface area (Å²) in [6.07, 6.45) is 2.96. The Morgan fingerprint density at radius 3 is 2.53 bits per heavy atom. The number of unbranched alkanes of at least 4 members (excludes halogenated alkanes) is 1. The van der Waals surface area contributed by atoms with E-state index in [2.05, 4.69) is 0 Å². The number of benzene rings is 1. The Hall–Kier alpha value is -0.720. The highest BCUT2D eigenvalue weighted by Gasteiger charge is 2.21. The Labute approximate surface area is 122 Å². The van der Waals surface area contributed by atoms with Crippen LogP contribution >= 0.6 is 23.4 Å². The van der Waals surface area contributed by atoms with Crippen LogP contribution in [0.5, 0.6) is 0 Å². The molecule has 0 heterocycles. The number of hydrogen-bond donors (Lipinski definition) is 1. The van der Waals surface area contributed by atoms with E-state index in [4.69, 9.17) is 16.7 Å². The monoisotopic (exact) mass is 322 g/mol. The molecule has 19 heavy (non-hydrogen) atoms. The van der Waals surface area contributed by atoms with Crippen molar-refractivity contribution in [1.29, 1.82) is 0 Å². The molecule has 1 aromatic rings. The quantitative estimate of drug-likeness (QED) is 0.642. The van der Waals surface area contributed by atoms with Gasteiger partial charge in [0.15, 0.2) is 9.84 Å². The van der Waals surface area contributed by atoms with Crippen molar-refractivity contribution in [3.63, 3.8) is 0 Å². The number of hydrogen-bond acceptors (Lipinski definition) is 4. The van der Waals surface area contributed by atoms with Gasteiger partial charge >= 0.3 is 5.97 Å². The van der Waals surface area contributed by atoms with Crippen LogP contribution in [-0.2, 0) is 9.84 Å². The summed E-state index contributed by atoms with van der Waals surface area (Å²) in [4.78, 5) is 11.4. The number of carboxylic acids is 1. The predicted molar refractivity (Wildman–Crippen MR) is 77.2 cm³/mol. The van der Waals surface area contributed by atoms with Crippen LogP contribution in [0.3, 0.4) is 0 Å². The van der Waals surface area contributed by atoms with Crippen molar-refractivity contribution in [3.05, 3.63) is 22.7 Å². The van der Waals surface area contributed by atoms with Crippen molar-refractivity contribution in [2.24, 2.45) is 0 Å². The zero-order valence-electron chi connectivity index (χ0n) is 10.6. The molecule has 0 atom stereocenters. The Kier molecular flexibility index (Phi) is 5.70. The van der Waals surface area contributed by atoms with E-state index in [-0.39, 0.29) is 15.5 Å². The van der Waals surface area contributed by atoms with Crippen LogP contribution in [0.4, 0.5) is 0 Å². The third-order valence-corrected chi connectivity index (χ3v) is 5.41. The van der Waals surface area contributed by atoms with Gasteiger partial charge in [-0.2, -0.15) is 0 Å². The minimum atomic E-state index is -3.43. The summed E-state index contributed by atoms with van der Waals surface area (Å²) in [5.41, 5.74) is -0.0759. The fourth-order valence-electron chi connectivity index (χ4n) is 1.45. The normalized spacial score (nSPS) is 11.5. The molecule has 7 heteroatoms. The lowest BCUT2D eigenvalue weighted by atomic mass is 10.2. The maximum atomic E-state index is 11.7. The second-order valence-electron chi connectivity index (χ2n) is 4.03. The lowest BCUT2D eigenvalue weighted by Crippen LogP contribution is -2.05. The van der Waals surface area contributed by atoms with Crippen molar-refractivity contribution < 1.29 is 18.3 Å². The lowest BCUT2D eigenvalue weighted by Gasteiger charge is -2.11. The number of carbonyl (C=O) groups is 1. The molecule has 0 unspecified atom stereocenters. The van der Waals surface area contributed by atoms with Crippen LogP contribution in [0.15, 0.2) is 21.9 Å². The summed E-state index contributed by atoms with van der Waals surface area (Å²) in [7, 11) is -3.43. The first-order valence-corrected chi connectivity index (χ1v) is 8.93. The molecule has 0 spiro atoms. The van der Waals surface area contributed by atoms with E-state index in [1.165, 1.54) is 23.9 Å². The number of aromatic carboxylic acids is 1. The van der Waals surface area contributed by atoms with E-state index in [0.29, 0.717) is 10.6 Å². The third-order valence-electron chi connectivity index (χ3n) is 2.44. The van der Waals surface area contributed by atoms with E-state index in [1.54, 1.807) is 0 Å². The second kappa shape index (κ2) is 6.63. The van der Waals surface area contributed by atoms with Crippen molar-refractivity contribution in [2.75, 3.05) is 12.0 Å². The maximum absolute atomic E-state index is 11.7. The van der Waals surface area contributed by atoms with Gasteiger partial charge in [0.05, 0.1) is 15.5 Å². The molecule has 4 nitrogen and oxygen atoms in total. The van der Waals surface area contributed by atoms with Gasteiger partial charge in [0, 0.05) is 11.2 Å². The zero-order chi connectivity index (χ0) is 14.6. The number of carboxylic acid groups (broad SMARTS) is 1. The van der Waals surface area contributed by atoms with E-state index < -0.39 is 15.8 Å². The molecule has 1 rings (SSSR count). The number of thioether (sulfide) groups is 1. The minimum Gasteiger partial charge on any atom is -0.478 e. The summed E-state index contributed by atoms with van der Waals surface area (Å²) in [5.74, 6) is -0.468. The van der Waals surface area contributed by atoms with Gasteiger partial charge in [-0.1, -0.05) is 24.9 Å². The van der Waals surface area contributed by atoms with Crippen LogP contribution < -0.4 is 0 Å². The summed E-state index contributed by atoms with van der Waals surface area (Å²) in [5, 5.41) is 9.01. The van der Waals surface area contributed by atoms with Crippen LogP contribution in [-0.4, -0.2) is 31.5 Å². The van der Waals surface area contributed by atoms with Gasteiger partial charge in [-0.05, 0) is 24.3 Å². The largest absolute Gasteiger partial charge is 0.478 e. The molecule has 1 aromatic carbocycles. The van der Waals surface area contributed by atoms with Gasteiger partial charge in [0.1, 0.15) is 0 Å². The molecular formula is C12H15ClO4S2. The average Bonchev–Trinajstić information content (AvgIpc) is 2.29. The molecule has 0 bridgehead atoms. The lowest BCUT2D eigenvalue weighted by molar-refractivity contribution is 0.0696. The number of sulfone groups is 1. The summed E-state index contributed by atoms with van der Waals surface area (Å²) < 4.78 is 23.4. The van der Waals surface area contributed by atoms with E-state index in [9.17, 15) is 13.2 Å². The predicted octanol–water partition coefficient (Wildman–Crippen LogP) is 3.33. The Balaban J connectivity index is 3.34. The van der Waals surface area contributed by atoms with Crippen molar-refractivity contribution in [3.8, 4) is 0 Å². The highest BCUT2D eigenvalue weighted by Crippen LogP contribution is 2.36. The SMILES string of the molecule is CCCCSc1c(S(C)(=O)=O)ccc(C(=O)O)c1Cl. The fraction of sp³-hybridized carbons (Fsp3) is 0.417. The van der Waals surface area contributed by atoms with Gasteiger partial charge in [0.2, 0.25) is 0 Å². The first-order chi connectivity index (χ1) is 8.79. The van der Waals surface area contributed by atoms with Gasteiger partial charge in [-0.3, -0.25) is 0 Å². The summed E-state index contributed by atoms with van der Waals surface area (Å²) in [6, 6.07) is 2.53. The van der Waals surface area contributed by atoms with Gasteiger partial charge in [-0.25, -0.2) is 13.2 Å². The van der Waals surface area contributed by atoms with Crippen LogP contribution in [0.1, 0.15) is 30.1 Å². The fourth-order valence-corrected chi connectivity index (χ4v) is 4.38. The molecule has 0 aliphatic carbocycles. The molecule has 0 saturated carbocycles. The average molecular weight is 323 g/mol. The highest BCUT2D eigenvalue weighted by atomic mass is 35.5. The van der Waals surface area contributed by atoms with E-state index in [1.807, 2.05) is 6.92 Å². The minimum absolute atomic E-state index is 0.00321. The van der Waals surface area contributed by atoms with E-state index in [0.717, 1.165) is 19.1 Å². The van der Waals surface area contributed by atoms with Gasteiger partial charge in [0.25, 0.3) is 0 Å². The molecule has 0 saturated heterocycles. The van der Waals surface area contributed by atoms with Crippen LogP contribution in [0.2, 0.25) is 5.02 Å². The van der Waals surface area contributed by atoms with Gasteiger partial charge < -0.3 is 5.11 Å². The molecule has 106 valence electrons. The van der Waals surface area contributed by atoms with Gasteiger partial charge in [-0.15, -0.1) is 11.8 Å². The maximum Gasteiger partial charge on any atom is 0.337 e. The Morgan fingerprint density at radius 2 is 2.05 bits per heavy atom. The van der Waals surface area contributed by atoms with Crippen LogP contribution in [0.25, 0.3) is 0 Å². The molecule has 0 aliphatic heterocycles. The molecule has 0 aromatic heterocycles. The molecule has 0 radical (unpaired) electrons. The summed E-state index contributed by atoms with van der Waals surface area (Å²) >= 11 is 7.31. The number of rotatable bonds is 6. The van der Waals surface area contributed by atoms with Crippen molar-refractivity contribution in [1.82, 2.24) is 0 Å². The second-order valence-corrected chi connectivity index (χ2v) is 7.50. The molecule has 0 amide bonds. The standard InChI is InChI=1S/C12H15ClO4S2/c1-3-4-7-18-11-9(19(2,16)17)6-5-8(10(11)13)12(14)15/h5-6H,3-4,7H2,1-2H3,(H,14,15). The Morgan fingerprint density at radius 1 is 1.42 bits per heavy atom. The topological polar surface area (TPSA) is 71.4 Å². The zero-order valence-corrected chi connectivity index (χ0v) is 13.0. The molecule has 1 N–H and O–H groups in total. The van der Waals surface area contributed by atoms with E-state index >= 15 is 0 Å². The smallest absolute Gasteiger partial charge is 0.337 e. The molecule has 0 fully saturated rings. The van der Waals surface area contributed by atoms with Crippen LogP contribution in [0, 0.1) is 0 Å².